The zero-order chi connectivity index (χ0) is 21.3. The van der Waals surface area contributed by atoms with Crippen molar-refractivity contribution >= 4 is 38.3 Å². The molecule has 0 aliphatic rings. The molecule has 0 unspecified atom stereocenters. The Balaban J connectivity index is 1.48. The summed E-state index contributed by atoms with van der Waals surface area (Å²) in [4.78, 5) is 17.1. The summed E-state index contributed by atoms with van der Waals surface area (Å²) in [6.45, 7) is 1.74. The van der Waals surface area contributed by atoms with E-state index in [9.17, 15) is 13.2 Å². The van der Waals surface area contributed by atoms with E-state index in [1.807, 2.05) is 0 Å². The summed E-state index contributed by atoms with van der Waals surface area (Å²) in [5.74, 6) is -0.0307. The number of nitrogens with zero attached hydrogens (tertiary/aromatic N) is 2. The quantitative estimate of drug-likeness (QED) is 0.444. The molecule has 0 radical (unpaired) electrons. The molecule has 6 nitrogen and oxygen atoms in total. The van der Waals surface area contributed by atoms with Gasteiger partial charge in [-0.2, -0.15) is 5.10 Å². The number of aromatic amines is 1. The summed E-state index contributed by atoms with van der Waals surface area (Å²) in [7, 11) is -3.67. The summed E-state index contributed by atoms with van der Waals surface area (Å²) in [5, 5.41) is 7.81. The number of Topliss-reactive ketones (excluding diaryl/α,β-unsaturated/α-hetero) is 1. The van der Waals surface area contributed by atoms with E-state index in [0.29, 0.717) is 34.6 Å². The van der Waals surface area contributed by atoms with Crippen LogP contribution in [0.4, 0.5) is 0 Å². The second-order valence-corrected chi connectivity index (χ2v) is 9.37. The third kappa shape index (κ3) is 3.99. The molecule has 4 rings (SSSR count). The summed E-state index contributed by atoms with van der Waals surface area (Å²) >= 11 is 5.98. The monoisotopic (exact) mass is 439 g/mol. The Morgan fingerprint density at radius 1 is 1.07 bits per heavy atom. The molecule has 0 amide bonds. The molecule has 0 saturated carbocycles. The van der Waals surface area contributed by atoms with Crippen LogP contribution in [0.1, 0.15) is 27.9 Å². The minimum atomic E-state index is -3.67. The summed E-state index contributed by atoms with van der Waals surface area (Å²) in [6.07, 6.45) is 3.95. The Morgan fingerprint density at radius 3 is 2.60 bits per heavy atom. The van der Waals surface area contributed by atoms with Gasteiger partial charge in [-0.05, 0) is 54.8 Å². The molecule has 8 heteroatoms. The van der Waals surface area contributed by atoms with Crippen LogP contribution < -0.4 is 0 Å². The van der Waals surface area contributed by atoms with Crippen molar-refractivity contribution in [1.29, 1.82) is 0 Å². The van der Waals surface area contributed by atoms with E-state index in [4.69, 9.17) is 11.6 Å². The van der Waals surface area contributed by atoms with E-state index < -0.39 is 9.84 Å². The summed E-state index contributed by atoms with van der Waals surface area (Å²) in [5.41, 5.74) is 2.68. The number of rotatable bonds is 6. The molecule has 4 aromatic rings. The Hall–Kier alpha value is -3.03. The van der Waals surface area contributed by atoms with E-state index in [0.717, 1.165) is 10.9 Å². The number of carbonyl (C=O) groups is 1. The van der Waals surface area contributed by atoms with Gasteiger partial charge in [0.15, 0.2) is 11.4 Å². The lowest BCUT2D eigenvalue weighted by Gasteiger charge is -2.09. The van der Waals surface area contributed by atoms with Gasteiger partial charge in [-0.3, -0.25) is 9.89 Å². The summed E-state index contributed by atoms with van der Waals surface area (Å²) < 4.78 is 25.9. The highest BCUT2D eigenvalue weighted by molar-refractivity contribution is 7.91. The SMILES string of the molecule is Cc1ccc(Cl)cc1S(=O)(=O)c1ccc(CCC(=O)c2cnc3[nH]ncc3c2)cc1. The van der Waals surface area contributed by atoms with E-state index in [1.165, 1.54) is 12.3 Å². The molecule has 0 aliphatic heterocycles. The maximum Gasteiger partial charge on any atom is 0.206 e. The number of hydrogen-bond acceptors (Lipinski definition) is 5. The molecular weight excluding hydrogens is 422 g/mol. The predicted octanol–water partition coefficient (Wildman–Crippen LogP) is 4.57. The van der Waals surface area contributed by atoms with Gasteiger partial charge in [-0.15, -0.1) is 0 Å². The number of hydrogen-bond donors (Lipinski definition) is 1. The Kier molecular flexibility index (Phi) is 5.40. The van der Waals surface area contributed by atoms with Crippen LogP contribution in [-0.2, 0) is 16.3 Å². The van der Waals surface area contributed by atoms with Crippen molar-refractivity contribution < 1.29 is 13.2 Å². The van der Waals surface area contributed by atoms with Gasteiger partial charge < -0.3 is 0 Å². The average Bonchev–Trinajstić information content (AvgIpc) is 3.22. The van der Waals surface area contributed by atoms with Crippen LogP contribution in [-0.4, -0.2) is 29.4 Å². The van der Waals surface area contributed by atoms with Crippen LogP contribution in [0.5, 0.6) is 0 Å². The molecule has 2 heterocycles. The highest BCUT2D eigenvalue weighted by Crippen LogP contribution is 2.27. The lowest BCUT2D eigenvalue weighted by Crippen LogP contribution is -2.05. The lowest BCUT2D eigenvalue weighted by atomic mass is 10.0. The van der Waals surface area contributed by atoms with Crippen molar-refractivity contribution in [3.05, 3.63) is 82.6 Å². The Labute approximate surface area is 178 Å². The van der Waals surface area contributed by atoms with Gasteiger partial charge in [0.1, 0.15) is 0 Å². The second-order valence-electron chi connectivity index (χ2n) is 7.01. The van der Waals surface area contributed by atoms with Crippen molar-refractivity contribution in [1.82, 2.24) is 15.2 Å². The molecule has 0 bridgehead atoms. The predicted molar refractivity (Wildman–Crippen MR) is 115 cm³/mol. The fourth-order valence-corrected chi connectivity index (χ4v) is 4.98. The van der Waals surface area contributed by atoms with Crippen molar-refractivity contribution in [2.45, 2.75) is 29.6 Å². The molecule has 0 saturated heterocycles. The minimum absolute atomic E-state index is 0.0307. The summed E-state index contributed by atoms with van der Waals surface area (Å²) in [6, 6.07) is 13.2. The molecule has 0 aliphatic carbocycles. The maximum atomic E-state index is 12.9. The molecule has 2 aromatic carbocycles. The van der Waals surface area contributed by atoms with Crippen molar-refractivity contribution in [3.63, 3.8) is 0 Å². The molecule has 0 spiro atoms. The number of nitrogens with one attached hydrogen (secondary N) is 1. The van der Waals surface area contributed by atoms with Crippen LogP contribution in [0.3, 0.4) is 0 Å². The Morgan fingerprint density at radius 2 is 1.83 bits per heavy atom. The van der Waals surface area contributed by atoms with Crippen LogP contribution in [0, 0.1) is 6.92 Å². The third-order valence-electron chi connectivity index (χ3n) is 4.93. The normalized spacial score (nSPS) is 11.7. The van der Waals surface area contributed by atoms with Crippen molar-refractivity contribution in [2.24, 2.45) is 0 Å². The first-order valence-corrected chi connectivity index (χ1v) is 11.1. The van der Waals surface area contributed by atoms with Gasteiger partial charge in [0.05, 0.1) is 16.0 Å². The number of aromatic nitrogens is 3. The highest BCUT2D eigenvalue weighted by atomic mass is 35.5. The fraction of sp³-hybridized carbons (Fsp3) is 0.136. The maximum absolute atomic E-state index is 12.9. The smallest absolute Gasteiger partial charge is 0.206 e. The highest BCUT2D eigenvalue weighted by Gasteiger charge is 2.20. The van der Waals surface area contributed by atoms with Crippen LogP contribution in [0.25, 0.3) is 11.0 Å². The number of fused-ring (bicyclic) bond motifs is 1. The first-order valence-electron chi connectivity index (χ1n) is 9.27. The van der Waals surface area contributed by atoms with Crippen LogP contribution in [0.15, 0.2) is 70.7 Å². The molecule has 1 N–H and O–H groups in total. The molecule has 0 atom stereocenters. The molecule has 0 fully saturated rings. The van der Waals surface area contributed by atoms with Crippen molar-refractivity contribution in [2.75, 3.05) is 0 Å². The number of ketones is 1. The third-order valence-corrected chi connectivity index (χ3v) is 7.07. The largest absolute Gasteiger partial charge is 0.294 e. The number of H-pyrrole nitrogens is 1. The van der Waals surface area contributed by atoms with E-state index >= 15 is 0 Å². The zero-order valence-electron chi connectivity index (χ0n) is 16.1. The van der Waals surface area contributed by atoms with Gasteiger partial charge in [-0.25, -0.2) is 13.4 Å². The topological polar surface area (TPSA) is 92.8 Å². The fourth-order valence-electron chi connectivity index (χ4n) is 3.22. The van der Waals surface area contributed by atoms with Gasteiger partial charge in [-0.1, -0.05) is 29.8 Å². The minimum Gasteiger partial charge on any atom is -0.294 e. The number of halogens is 1. The van der Waals surface area contributed by atoms with Crippen LogP contribution >= 0.6 is 11.6 Å². The van der Waals surface area contributed by atoms with E-state index in [-0.39, 0.29) is 15.6 Å². The van der Waals surface area contributed by atoms with Gasteiger partial charge >= 0.3 is 0 Å². The van der Waals surface area contributed by atoms with Gasteiger partial charge in [0.25, 0.3) is 0 Å². The zero-order valence-corrected chi connectivity index (χ0v) is 17.7. The molecule has 2 aromatic heterocycles. The molecule has 152 valence electrons. The van der Waals surface area contributed by atoms with Crippen LogP contribution in [0.2, 0.25) is 5.02 Å². The Bertz CT molecular complexity index is 1350. The molecule has 30 heavy (non-hydrogen) atoms. The lowest BCUT2D eigenvalue weighted by molar-refractivity contribution is 0.0982. The first-order chi connectivity index (χ1) is 14.3. The number of pyridine rings is 1. The average molecular weight is 440 g/mol. The van der Waals surface area contributed by atoms with E-state index in [1.54, 1.807) is 55.6 Å². The van der Waals surface area contributed by atoms with Crippen molar-refractivity contribution in [3.8, 4) is 0 Å². The van der Waals surface area contributed by atoms with E-state index in [2.05, 4.69) is 15.2 Å². The molecular formula is C22H18ClN3O3S. The standard InChI is InChI=1S/C22H18ClN3O3S/c1-14-2-6-18(23)11-21(14)30(28,29)19-7-3-15(4-8-19)5-9-20(27)16-10-17-13-25-26-22(17)24-12-16/h2-4,6-8,10-13H,5,9H2,1H3,(H,24,25,26). The number of carbonyl (C=O) groups excluding carboxylic acids is 1. The first kappa shape index (κ1) is 20.3. The van der Waals surface area contributed by atoms with Gasteiger partial charge in [0.2, 0.25) is 9.84 Å². The number of sulfone groups is 1. The number of benzene rings is 2. The van der Waals surface area contributed by atoms with Gasteiger partial charge in [0, 0.05) is 28.6 Å². The number of aryl methyl sites for hydroxylation is 2. The second kappa shape index (κ2) is 8.01.